The normalized spacial score (nSPS) is 10.1. The van der Waals surface area contributed by atoms with Gasteiger partial charge in [-0.15, -0.1) is 4.79 Å². The molecule has 1 aromatic heterocycles. The second-order valence-electron chi connectivity index (χ2n) is 4.29. The number of hydrogen-bond donors (Lipinski definition) is 0. The van der Waals surface area contributed by atoms with Gasteiger partial charge in [-0.25, -0.2) is 9.13 Å². The van der Waals surface area contributed by atoms with Gasteiger partial charge in [0.05, 0.1) is 26.0 Å². The Morgan fingerprint density at radius 1 is 1.17 bits per heavy atom. The summed E-state index contributed by atoms with van der Waals surface area (Å²) in [5.41, 5.74) is 1.76. The van der Waals surface area contributed by atoms with Crippen LogP contribution in [0, 0.1) is 0 Å². The first-order chi connectivity index (χ1) is 8.81. The number of imidazole rings is 1. The van der Waals surface area contributed by atoms with Crippen LogP contribution in [0.4, 0.5) is 5.69 Å². The number of hydrogen-bond acceptors (Lipinski definition) is 1. The van der Waals surface area contributed by atoms with E-state index in [2.05, 4.69) is 27.6 Å². The average molecular weight is 243 g/mol. The molecule has 0 amide bonds. The molecule has 0 saturated carbocycles. The Kier molecular flexibility index (Phi) is 4.15. The van der Waals surface area contributed by atoms with Crippen LogP contribution in [0.25, 0.3) is 0 Å². The highest BCUT2D eigenvalue weighted by Gasteiger charge is 2.06. The lowest BCUT2D eigenvalue weighted by Crippen LogP contribution is -2.25. The highest BCUT2D eigenvalue weighted by atomic mass is 15.2. The molecule has 0 unspecified atom stereocenters. The topological polar surface area (TPSA) is 36.3 Å². The summed E-state index contributed by atoms with van der Waals surface area (Å²) in [6.45, 7) is 3.18. The van der Waals surface area contributed by atoms with Gasteiger partial charge in [-0.1, -0.05) is 31.5 Å². The summed E-state index contributed by atoms with van der Waals surface area (Å²) in [6, 6.07) is 9.80. The summed E-state index contributed by atoms with van der Waals surface area (Å²) in [7, 11) is 1.99. The van der Waals surface area contributed by atoms with Crippen molar-refractivity contribution in [2.24, 2.45) is 12.2 Å². The number of aromatic nitrogens is 2. The van der Waals surface area contributed by atoms with Gasteiger partial charge >= 0.3 is 5.62 Å². The lowest BCUT2D eigenvalue weighted by molar-refractivity contribution is -0.152. The fourth-order valence-electron chi connectivity index (χ4n) is 1.74. The molecule has 0 N–H and O–H groups in total. The van der Waals surface area contributed by atoms with Gasteiger partial charge in [-0.2, -0.15) is 0 Å². The van der Waals surface area contributed by atoms with Crippen molar-refractivity contribution in [3.8, 4) is 0 Å². The molecule has 0 atom stereocenters. The maximum Gasteiger partial charge on any atom is 0.478 e. The minimum Gasteiger partial charge on any atom is -0.222 e. The zero-order valence-corrected chi connectivity index (χ0v) is 11.0. The van der Waals surface area contributed by atoms with Crippen molar-refractivity contribution in [1.29, 1.82) is 0 Å². The first-order valence-electron chi connectivity index (χ1n) is 6.33. The number of nitrogens with zero attached hydrogens (tertiary/aromatic N) is 4. The van der Waals surface area contributed by atoms with Crippen molar-refractivity contribution < 1.29 is 4.79 Å². The van der Waals surface area contributed by atoms with E-state index >= 15 is 0 Å². The van der Waals surface area contributed by atoms with E-state index in [1.54, 1.807) is 0 Å². The van der Waals surface area contributed by atoms with Gasteiger partial charge < -0.3 is 0 Å². The van der Waals surface area contributed by atoms with E-state index in [-0.39, 0.29) is 0 Å². The standard InChI is InChI=1S/C14H19N4/c1-3-4-10-18-12-11-17(2)14(18)16-15-13-8-6-5-7-9-13/h5-9,11-12H,3-4,10H2,1-2H3/q+1. The molecule has 94 valence electrons. The zero-order valence-electron chi connectivity index (χ0n) is 11.0. The number of benzene rings is 1. The van der Waals surface area contributed by atoms with Crippen molar-refractivity contribution in [3.05, 3.63) is 48.3 Å². The Bertz CT molecular complexity index is 586. The number of rotatable bonds is 4. The van der Waals surface area contributed by atoms with Gasteiger partial charge in [0.15, 0.2) is 0 Å². The maximum absolute atomic E-state index is 4.34. The summed E-state index contributed by atoms with van der Waals surface area (Å²) in [4.78, 5) is 4.34. The second kappa shape index (κ2) is 6.03. The average Bonchev–Trinajstić information content (AvgIpc) is 2.76. The fraction of sp³-hybridized carbons (Fsp3) is 0.357. The van der Waals surface area contributed by atoms with Crippen LogP contribution < -0.4 is 5.62 Å². The van der Waals surface area contributed by atoms with E-state index in [9.17, 15) is 0 Å². The number of unbranched alkanes of at least 4 members (excludes halogenated alkanes) is 1. The van der Waals surface area contributed by atoms with Crippen LogP contribution >= 0.6 is 0 Å². The Morgan fingerprint density at radius 2 is 1.94 bits per heavy atom. The molecule has 0 bridgehead atoms. The first kappa shape index (κ1) is 12.4. The predicted octanol–water partition coefficient (Wildman–Crippen LogP) is 2.52. The van der Waals surface area contributed by atoms with Crippen LogP contribution in [-0.2, 0) is 13.6 Å². The highest BCUT2D eigenvalue weighted by Crippen LogP contribution is 2.07. The van der Waals surface area contributed by atoms with Gasteiger partial charge in [-0.05, 0) is 23.7 Å². The molecule has 1 heterocycles. The first-order valence-corrected chi connectivity index (χ1v) is 6.33. The lowest BCUT2D eigenvalue weighted by atomic mass is 10.3. The third-order valence-corrected chi connectivity index (χ3v) is 2.81. The Morgan fingerprint density at radius 3 is 2.67 bits per heavy atom. The molecule has 2 rings (SSSR count). The van der Waals surface area contributed by atoms with Crippen molar-refractivity contribution in [2.45, 2.75) is 26.3 Å². The second-order valence-corrected chi connectivity index (χ2v) is 4.29. The summed E-state index contributed by atoms with van der Waals surface area (Å²) in [5.74, 6) is 0. The summed E-state index contributed by atoms with van der Waals surface area (Å²) in [5, 5.41) is 4.26. The monoisotopic (exact) mass is 243 g/mol. The molecule has 0 aliphatic rings. The van der Waals surface area contributed by atoms with Crippen LogP contribution in [-0.4, -0.2) is 13.9 Å². The predicted molar refractivity (Wildman–Crippen MR) is 70.2 cm³/mol. The molecule has 0 fully saturated rings. The largest absolute Gasteiger partial charge is 0.478 e. The SMILES string of the molecule is CCCCn1ccn(C)c1=[N+]=Nc1ccccc1. The van der Waals surface area contributed by atoms with E-state index in [0.717, 1.165) is 24.3 Å². The van der Waals surface area contributed by atoms with Gasteiger partial charge in [0, 0.05) is 0 Å². The molecule has 0 aliphatic heterocycles. The maximum atomic E-state index is 4.34. The molecule has 0 saturated heterocycles. The number of aryl methyl sites for hydroxylation is 2. The smallest absolute Gasteiger partial charge is 0.222 e. The van der Waals surface area contributed by atoms with Crippen molar-refractivity contribution >= 4 is 5.69 Å². The van der Waals surface area contributed by atoms with E-state index in [1.165, 1.54) is 6.42 Å². The van der Waals surface area contributed by atoms with Crippen molar-refractivity contribution in [1.82, 2.24) is 9.13 Å². The van der Waals surface area contributed by atoms with Crippen molar-refractivity contribution in [2.75, 3.05) is 0 Å². The van der Waals surface area contributed by atoms with E-state index in [0.29, 0.717) is 0 Å². The third kappa shape index (κ3) is 2.99. The van der Waals surface area contributed by atoms with Crippen LogP contribution in [0.3, 0.4) is 0 Å². The molecule has 0 radical (unpaired) electrons. The molecular weight excluding hydrogens is 224 g/mol. The minimum absolute atomic E-state index is 0.876. The summed E-state index contributed by atoms with van der Waals surface area (Å²) >= 11 is 0. The minimum atomic E-state index is 0.876. The summed E-state index contributed by atoms with van der Waals surface area (Å²) in [6.07, 6.45) is 6.39. The van der Waals surface area contributed by atoms with Gasteiger partial charge in [0.1, 0.15) is 5.69 Å². The quantitative estimate of drug-likeness (QED) is 0.584. The van der Waals surface area contributed by atoms with E-state index in [4.69, 9.17) is 0 Å². The zero-order chi connectivity index (χ0) is 12.8. The van der Waals surface area contributed by atoms with Crippen LogP contribution in [0.5, 0.6) is 0 Å². The fourth-order valence-corrected chi connectivity index (χ4v) is 1.74. The van der Waals surface area contributed by atoms with E-state index in [1.807, 2.05) is 48.1 Å². The lowest BCUT2D eigenvalue weighted by Gasteiger charge is -1.92. The van der Waals surface area contributed by atoms with Crippen LogP contribution in [0.2, 0.25) is 0 Å². The van der Waals surface area contributed by atoms with Gasteiger partial charge in [0.25, 0.3) is 0 Å². The van der Waals surface area contributed by atoms with Crippen LogP contribution in [0.1, 0.15) is 19.8 Å². The molecule has 0 spiro atoms. The Balaban J connectivity index is 2.37. The molecule has 2 aromatic rings. The Labute approximate surface area is 107 Å². The van der Waals surface area contributed by atoms with Gasteiger partial charge in [0.2, 0.25) is 0 Å². The highest BCUT2D eigenvalue weighted by molar-refractivity contribution is 5.33. The molecule has 1 aromatic carbocycles. The van der Waals surface area contributed by atoms with Crippen molar-refractivity contribution in [3.63, 3.8) is 0 Å². The molecule has 4 heteroatoms. The van der Waals surface area contributed by atoms with Gasteiger partial charge in [-0.3, -0.25) is 0 Å². The molecular formula is C14H19N4+. The molecule has 4 nitrogen and oxygen atoms in total. The van der Waals surface area contributed by atoms with Crippen LogP contribution in [0.15, 0.2) is 47.8 Å². The summed E-state index contributed by atoms with van der Waals surface area (Å²) < 4.78 is 4.12. The molecule has 18 heavy (non-hydrogen) atoms. The third-order valence-electron chi connectivity index (χ3n) is 2.81. The van der Waals surface area contributed by atoms with E-state index < -0.39 is 0 Å². The molecule has 0 aliphatic carbocycles. The Hall–Kier alpha value is -2.06.